The molecule has 2 aliphatic heterocycles. The van der Waals surface area contributed by atoms with Crippen molar-refractivity contribution in [1.29, 1.82) is 0 Å². The molecule has 39 heavy (non-hydrogen) atoms. The van der Waals surface area contributed by atoms with Gasteiger partial charge in [-0.2, -0.15) is 13.2 Å². The van der Waals surface area contributed by atoms with Gasteiger partial charge in [-0.05, 0) is 37.6 Å². The van der Waals surface area contributed by atoms with E-state index in [2.05, 4.69) is 20.1 Å². The van der Waals surface area contributed by atoms with Gasteiger partial charge in [0.2, 0.25) is 11.8 Å². The number of ether oxygens (including phenoxy) is 1. The van der Waals surface area contributed by atoms with Gasteiger partial charge in [-0.1, -0.05) is 7.43 Å². The van der Waals surface area contributed by atoms with Gasteiger partial charge in [0.25, 0.3) is 5.69 Å². The highest BCUT2D eigenvalue weighted by atomic mass is 19.4. The molecular weight excluding hydrogens is 517 g/mol. The molecule has 0 aliphatic carbocycles. The molecule has 1 amide bonds. The summed E-state index contributed by atoms with van der Waals surface area (Å²) in [5.41, 5.74) is -1.07. The second-order valence-corrected chi connectivity index (χ2v) is 9.45. The van der Waals surface area contributed by atoms with Crippen LogP contribution in [-0.4, -0.2) is 84.6 Å². The molecule has 214 valence electrons. The summed E-state index contributed by atoms with van der Waals surface area (Å²) in [6, 6.07) is 6.50. The summed E-state index contributed by atoms with van der Waals surface area (Å²) in [7, 11) is 1.59. The number of methoxy groups -OCH3 is 1. The molecule has 2 fully saturated rings. The lowest BCUT2D eigenvalue weighted by atomic mass is 10.1. The van der Waals surface area contributed by atoms with Gasteiger partial charge in [0.1, 0.15) is 5.56 Å². The quantitative estimate of drug-likeness (QED) is 0.364. The molecule has 1 N–H and O–H groups in total. The number of nitrogens with zero attached hydrogens (tertiary/aromatic N) is 5. The number of pyridine rings is 1. The van der Waals surface area contributed by atoms with Crippen LogP contribution < -0.4 is 15.0 Å². The monoisotopic (exact) mass is 552 g/mol. The van der Waals surface area contributed by atoms with E-state index < -0.39 is 22.4 Å². The van der Waals surface area contributed by atoms with Crippen LogP contribution >= 0.6 is 0 Å². The number of carbonyl (C=O) groups excluding carboxylic acids is 1. The number of anilines is 2. The lowest BCUT2D eigenvalue weighted by Gasteiger charge is -2.36. The number of piperazine rings is 1. The topological polar surface area (TPSA) is 104 Å². The number of alkyl halides is 3. The maximum absolute atomic E-state index is 13.2. The fraction of sp³-hybridized carbons (Fsp3) is 0.538. The Hall–Kier alpha value is -3.61. The largest absolute Gasteiger partial charge is 0.481 e. The maximum Gasteiger partial charge on any atom is 0.423 e. The molecule has 2 aliphatic rings. The molecule has 0 spiro atoms. The molecule has 1 aromatic heterocycles. The lowest BCUT2D eigenvalue weighted by Crippen LogP contribution is -2.46. The van der Waals surface area contributed by atoms with Gasteiger partial charge in [0.15, 0.2) is 0 Å². The van der Waals surface area contributed by atoms with Crippen molar-refractivity contribution in [3.8, 4) is 5.88 Å². The summed E-state index contributed by atoms with van der Waals surface area (Å²) in [5, 5.41) is 13.9. The summed E-state index contributed by atoms with van der Waals surface area (Å²) < 4.78 is 44.8. The number of nitro groups is 1. The van der Waals surface area contributed by atoms with Gasteiger partial charge >= 0.3 is 6.18 Å². The lowest BCUT2D eigenvalue weighted by molar-refractivity contribution is -0.388. The maximum atomic E-state index is 13.2. The van der Waals surface area contributed by atoms with Crippen LogP contribution in [-0.2, 0) is 11.0 Å². The predicted octanol–water partition coefficient (Wildman–Crippen LogP) is 4.27. The molecule has 1 aromatic carbocycles. The second-order valence-electron chi connectivity index (χ2n) is 9.45. The summed E-state index contributed by atoms with van der Waals surface area (Å²) in [6.07, 6.45) is -1.30. The molecule has 13 heteroatoms. The first-order chi connectivity index (χ1) is 18.1. The highest BCUT2D eigenvalue weighted by Gasteiger charge is 2.38. The summed E-state index contributed by atoms with van der Waals surface area (Å²) in [5.74, 6) is 0.607. The van der Waals surface area contributed by atoms with Crippen LogP contribution in [0.2, 0.25) is 0 Å². The molecule has 0 radical (unpaired) electrons. The van der Waals surface area contributed by atoms with Crippen molar-refractivity contribution in [3.05, 3.63) is 52.2 Å². The molecule has 0 unspecified atom stereocenters. The Morgan fingerprint density at radius 3 is 2.54 bits per heavy atom. The molecule has 2 aromatic rings. The zero-order valence-electron chi connectivity index (χ0n) is 21.1. The Morgan fingerprint density at radius 1 is 1.18 bits per heavy atom. The second kappa shape index (κ2) is 13.0. The Bertz CT molecular complexity index is 1120. The smallest absolute Gasteiger partial charge is 0.423 e. The number of rotatable bonds is 9. The predicted molar refractivity (Wildman–Crippen MR) is 142 cm³/mol. The van der Waals surface area contributed by atoms with E-state index in [1.807, 2.05) is 18.3 Å². The number of carbonyl (C=O) groups is 1. The number of likely N-dealkylation sites (tertiary alicyclic amines) is 1. The minimum Gasteiger partial charge on any atom is -0.481 e. The molecule has 4 rings (SSSR count). The van der Waals surface area contributed by atoms with Gasteiger partial charge in [-0.15, -0.1) is 0 Å². The zero-order chi connectivity index (χ0) is 27.3. The Morgan fingerprint density at radius 2 is 1.92 bits per heavy atom. The standard InChI is InChI=1S/C25H31F3N6O4.CH4/c1-38-23-7-5-20(16-29-23)32-13-11-31(12-14-32)9-2-3-24(35)33-10-8-19(17-33)30-18-4-6-22(34(36)37)21(15-18)25(26,27)28;/h4-7,15-16,19,30H,2-3,8-14,17H2,1H3;1H4/t19-;/m1./s1. The normalized spacial score (nSPS) is 18.0. The summed E-state index contributed by atoms with van der Waals surface area (Å²) >= 11 is 0. The zero-order valence-corrected chi connectivity index (χ0v) is 21.1. The van der Waals surface area contributed by atoms with E-state index in [0.717, 1.165) is 57.0 Å². The first-order valence-corrected chi connectivity index (χ1v) is 12.5. The highest BCUT2D eigenvalue weighted by Crippen LogP contribution is 2.37. The fourth-order valence-corrected chi connectivity index (χ4v) is 4.87. The van der Waals surface area contributed by atoms with Gasteiger partial charge in [0, 0.05) is 69.6 Å². The van der Waals surface area contributed by atoms with Crippen molar-refractivity contribution < 1.29 is 27.6 Å². The van der Waals surface area contributed by atoms with E-state index in [9.17, 15) is 28.1 Å². The highest BCUT2D eigenvalue weighted by molar-refractivity contribution is 5.76. The molecule has 0 saturated carbocycles. The van der Waals surface area contributed by atoms with Gasteiger partial charge < -0.3 is 19.9 Å². The number of halogens is 3. The molecular formula is C26H35F3N6O4. The molecule has 3 heterocycles. The van der Waals surface area contributed by atoms with E-state index in [0.29, 0.717) is 31.8 Å². The number of nitro benzene ring substituents is 1. The van der Waals surface area contributed by atoms with Crippen molar-refractivity contribution in [2.45, 2.75) is 38.9 Å². The Labute approximate surface area is 225 Å². The van der Waals surface area contributed by atoms with Crippen LogP contribution in [0.15, 0.2) is 36.5 Å². The van der Waals surface area contributed by atoms with Gasteiger partial charge in [-0.25, -0.2) is 4.98 Å². The third kappa shape index (κ3) is 7.71. The summed E-state index contributed by atoms with van der Waals surface area (Å²) in [4.78, 5) is 33.2. The van der Waals surface area contributed by atoms with Crippen LogP contribution in [0.5, 0.6) is 5.88 Å². The van der Waals surface area contributed by atoms with Crippen molar-refractivity contribution >= 4 is 23.0 Å². The SMILES string of the molecule is C.COc1ccc(N2CCN(CCCC(=O)N3CC[C@@H](Nc4ccc([N+](=O)[O-])c(C(F)(F)F)c4)C3)CC2)cn1. The number of aromatic nitrogens is 1. The number of hydrogen-bond acceptors (Lipinski definition) is 8. The Kier molecular flexibility index (Phi) is 9.95. The Balaban J connectivity index is 0.00000420. The minimum absolute atomic E-state index is 0. The minimum atomic E-state index is -4.84. The van der Waals surface area contributed by atoms with Crippen LogP contribution in [0, 0.1) is 10.1 Å². The number of hydrogen-bond donors (Lipinski definition) is 1. The summed E-state index contributed by atoms with van der Waals surface area (Å²) in [6.45, 7) is 5.26. The van der Waals surface area contributed by atoms with Crippen molar-refractivity contribution in [2.75, 3.05) is 63.1 Å². The number of nitrogens with one attached hydrogen (secondary N) is 1. The van der Waals surface area contributed by atoms with E-state index in [-0.39, 0.29) is 25.1 Å². The van der Waals surface area contributed by atoms with Crippen LogP contribution in [0.25, 0.3) is 0 Å². The molecule has 10 nitrogen and oxygen atoms in total. The third-order valence-electron chi connectivity index (χ3n) is 6.94. The van der Waals surface area contributed by atoms with Crippen molar-refractivity contribution in [2.24, 2.45) is 0 Å². The number of amides is 1. The van der Waals surface area contributed by atoms with Crippen molar-refractivity contribution in [3.63, 3.8) is 0 Å². The number of benzene rings is 1. The van der Waals surface area contributed by atoms with E-state index >= 15 is 0 Å². The van der Waals surface area contributed by atoms with E-state index in [4.69, 9.17) is 4.74 Å². The van der Waals surface area contributed by atoms with Gasteiger partial charge in [-0.3, -0.25) is 19.8 Å². The average Bonchev–Trinajstić information content (AvgIpc) is 3.37. The fourth-order valence-electron chi connectivity index (χ4n) is 4.87. The molecule has 1 atom stereocenters. The van der Waals surface area contributed by atoms with E-state index in [1.165, 1.54) is 6.07 Å². The van der Waals surface area contributed by atoms with Gasteiger partial charge in [0.05, 0.1) is 23.9 Å². The molecule has 0 bridgehead atoms. The average molecular weight is 553 g/mol. The molecule has 2 saturated heterocycles. The van der Waals surface area contributed by atoms with E-state index in [1.54, 1.807) is 12.0 Å². The third-order valence-corrected chi connectivity index (χ3v) is 6.94. The van der Waals surface area contributed by atoms with Crippen molar-refractivity contribution in [1.82, 2.24) is 14.8 Å². The van der Waals surface area contributed by atoms with Crippen LogP contribution in [0.4, 0.5) is 30.2 Å². The first-order valence-electron chi connectivity index (χ1n) is 12.5. The van der Waals surface area contributed by atoms with Crippen LogP contribution in [0.1, 0.15) is 32.3 Å². The van der Waals surface area contributed by atoms with Crippen LogP contribution in [0.3, 0.4) is 0 Å². The first kappa shape index (κ1) is 29.9.